The number of nitrogens with zero attached hydrogens (tertiary/aromatic N) is 1. The van der Waals surface area contributed by atoms with Crippen LogP contribution in [0, 0.1) is 33.5 Å². The largest absolute Gasteiger partial charge is 0.416 e. The third-order valence-electron chi connectivity index (χ3n) is 13.8. The number of β-amino-alcohol motifs (C(OH)–C–C–N with tert-alkyl or cyclic N) is 1. The molecule has 2 spiro atoms. The van der Waals surface area contributed by atoms with Crippen LogP contribution in [-0.2, 0) is 6.18 Å². The molecule has 8 unspecified atom stereocenters. The molecule has 1 saturated heterocycles. The molecule has 0 aromatic heterocycles. The van der Waals surface area contributed by atoms with Crippen molar-refractivity contribution in [2.24, 2.45) is 33.5 Å². The fraction of sp³-hybridized carbons (Fsp3) is 0.703. The Morgan fingerprint density at radius 3 is 2.32 bits per heavy atom. The summed E-state index contributed by atoms with van der Waals surface area (Å²) in [6.45, 7) is 7.20. The molecule has 44 heavy (non-hydrogen) atoms. The van der Waals surface area contributed by atoms with Gasteiger partial charge in [-0.1, -0.05) is 63.5 Å². The number of aliphatic hydroxyl groups is 2. The molecule has 7 heteroatoms. The first-order valence-corrected chi connectivity index (χ1v) is 17.1. The van der Waals surface area contributed by atoms with E-state index in [1.807, 2.05) is 0 Å². The molecule has 2 N–H and O–H groups in total. The summed E-state index contributed by atoms with van der Waals surface area (Å²) >= 11 is 0. The quantitative estimate of drug-likeness (QED) is 0.270. The number of rotatable bonds is 4. The number of fused-ring (bicyclic) bond motifs is 1. The third kappa shape index (κ3) is 4.24. The number of carbonyl (C=O) groups is 1. The topological polar surface area (TPSA) is 60.8 Å². The van der Waals surface area contributed by atoms with Crippen molar-refractivity contribution in [3.63, 3.8) is 0 Å². The SMILES string of the molecule is CC12CCC(O)CC13C=CC1(C(C(=O)c4cccc(C(F)(F)F)c4)=C3)C2CCC2(C)C1CCC2(O)CN1CCCCCCC1. The van der Waals surface area contributed by atoms with Gasteiger partial charge in [-0.05, 0) is 100 Å². The molecule has 3 saturated carbocycles. The molecule has 4 fully saturated rings. The smallest absolute Gasteiger partial charge is 0.393 e. The van der Waals surface area contributed by atoms with E-state index in [2.05, 4.69) is 37.0 Å². The molecule has 8 atom stereocenters. The van der Waals surface area contributed by atoms with Crippen molar-refractivity contribution < 1.29 is 28.2 Å². The maximum Gasteiger partial charge on any atom is 0.416 e. The minimum atomic E-state index is -4.54. The van der Waals surface area contributed by atoms with Crippen LogP contribution in [0.25, 0.3) is 0 Å². The van der Waals surface area contributed by atoms with Crippen LogP contribution < -0.4 is 0 Å². The fourth-order valence-corrected chi connectivity index (χ4v) is 11.4. The lowest BCUT2D eigenvalue weighted by atomic mass is 9.32. The number of ketones is 1. The van der Waals surface area contributed by atoms with Gasteiger partial charge in [0.25, 0.3) is 0 Å². The first-order valence-electron chi connectivity index (χ1n) is 17.1. The number of alkyl halides is 3. The van der Waals surface area contributed by atoms with E-state index in [4.69, 9.17) is 0 Å². The van der Waals surface area contributed by atoms with Gasteiger partial charge in [-0.2, -0.15) is 13.2 Å². The van der Waals surface area contributed by atoms with Gasteiger partial charge in [-0.25, -0.2) is 0 Å². The zero-order valence-electron chi connectivity index (χ0n) is 26.3. The number of benzene rings is 1. The lowest BCUT2D eigenvalue weighted by molar-refractivity contribution is -0.176. The molecule has 6 aliphatic carbocycles. The molecule has 0 amide bonds. The summed E-state index contributed by atoms with van der Waals surface area (Å²) in [5.41, 5.74) is -2.85. The van der Waals surface area contributed by atoms with Crippen molar-refractivity contribution in [2.75, 3.05) is 19.6 Å². The molecular formula is C37H48F3NO3. The molecule has 2 bridgehead atoms. The van der Waals surface area contributed by atoms with Gasteiger partial charge in [-0.3, -0.25) is 4.79 Å². The number of halogens is 3. The Bertz CT molecular complexity index is 1380. The second-order valence-corrected chi connectivity index (χ2v) is 15.8. The highest BCUT2D eigenvalue weighted by atomic mass is 19.4. The zero-order valence-corrected chi connectivity index (χ0v) is 26.3. The van der Waals surface area contributed by atoms with E-state index < -0.39 is 39.7 Å². The van der Waals surface area contributed by atoms with E-state index in [1.165, 1.54) is 31.4 Å². The van der Waals surface area contributed by atoms with E-state index in [0.29, 0.717) is 31.4 Å². The second-order valence-electron chi connectivity index (χ2n) is 15.8. The predicted octanol–water partition coefficient (Wildman–Crippen LogP) is 7.75. The highest BCUT2D eigenvalue weighted by Gasteiger charge is 2.74. The van der Waals surface area contributed by atoms with Gasteiger partial charge in [0.05, 0.1) is 17.3 Å². The molecule has 0 radical (unpaired) electrons. The van der Waals surface area contributed by atoms with Crippen LogP contribution in [-0.4, -0.2) is 52.2 Å². The summed E-state index contributed by atoms with van der Waals surface area (Å²) < 4.78 is 41.3. The van der Waals surface area contributed by atoms with Crippen molar-refractivity contribution in [3.8, 4) is 0 Å². The minimum Gasteiger partial charge on any atom is -0.393 e. The van der Waals surface area contributed by atoms with E-state index in [0.717, 1.165) is 63.7 Å². The predicted molar refractivity (Wildman–Crippen MR) is 164 cm³/mol. The Kier molecular flexibility index (Phi) is 7.16. The lowest BCUT2D eigenvalue weighted by Gasteiger charge is -2.71. The maximum absolute atomic E-state index is 14.6. The summed E-state index contributed by atoms with van der Waals surface area (Å²) in [5.74, 6) is -0.229. The molecule has 7 aliphatic rings. The van der Waals surface area contributed by atoms with Gasteiger partial charge in [0, 0.05) is 33.9 Å². The normalized spacial score (nSPS) is 43.8. The van der Waals surface area contributed by atoms with Gasteiger partial charge in [0.1, 0.15) is 0 Å². The first-order chi connectivity index (χ1) is 20.8. The van der Waals surface area contributed by atoms with Crippen LogP contribution in [0.3, 0.4) is 0 Å². The number of hydrogen-bond acceptors (Lipinski definition) is 4. The summed E-state index contributed by atoms with van der Waals surface area (Å²) in [6.07, 6.45) is 12.8. The van der Waals surface area contributed by atoms with Crippen LogP contribution in [0.5, 0.6) is 0 Å². The van der Waals surface area contributed by atoms with Crippen LogP contribution in [0.15, 0.2) is 48.1 Å². The van der Waals surface area contributed by atoms with Crippen LogP contribution in [0.1, 0.15) is 107 Å². The average molecular weight is 612 g/mol. The Labute approximate surface area is 259 Å². The Hall–Kier alpha value is -1.96. The van der Waals surface area contributed by atoms with Gasteiger partial charge in [-0.15, -0.1) is 0 Å². The number of aliphatic hydroxyl groups excluding tert-OH is 1. The third-order valence-corrected chi connectivity index (χ3v) is 13.8. The molecule has 1 aliphatic heterocycles. The van der Waals surface area contributed by atoms with E-state index in [9.17, 15) is 28.2 Å². The average Bonchev–Trinajstić information content (AvgIpc) is 3.24. The maximum atomic E-state index is 14.6. The van der Waals surface area contributed by atoms with Gasteiger partial charge < -0.3 is 15.1 Å². The standard InChI is InChI=1S/C37H48F3NO3/c1-32-14-11-27(42)22-34(32)17-18-36(28(23-34)31(43)25-9-8-10-26(21-25)37(38,39)40)29(32)12-15-33(2)30(36)13-16-35(33,44)24-41-19-6-4-3-5-7-20-41/h8-10,17-18,21,23,27,29-30,42,44H,3-7,11-16,19-20,22,24H2,1-2H3. The van der Waals surface area contributed by atoms with Crippen molar-refractivity contribution in [1.82, 2.24) is 4.90 Å². The number of likely N-dealkylation sites (tertiary alicyclic amines) is 1. The van der Waals surface area contributed by atoms with E-state index >= 15 is 0 Å². The summed E-state index contributed by atoms with van der Waals surface area (Å²) in [5, 5.41) is 23.5. The first kappa shape index (κ1) is 30.7. The van der Waals surface area contributed by atoms with Crippen molar-refractivity contribution in [1.29, 1.82) is 0 Å². The number of allylic oxidation sites excluding steroid dienone is 4. The van der Waals surface area contributed by atoms with E-state index in [-0.39, 0.29) is 28.6 Å². The fourth-order valence-electron chi connectivity index (χ4n) is 11.4. The number of Topliss-reactive ketones (excluding diaryl/α,β-unsaturated/α-hetero) is 1. The van der Waals surface area contributed by atoms with Crippen LogP contribution >= 0.6 is 0 Å². The number of hydrogen-bond donors (Lipinski definition) is 2. The van der Waals surface area contributed by atoms with Crippen molar-refractivity contribution >= 4 is 5.78 Å². The minimum absolute atomic E-state index is 0.00673. The summed E-state index contributed by atoms with van der Waals surface area (Å²) in [6, 6.07) is 4.87. The molecule has 4 nitrogen and oxygen atoms in total. The van der Waals surface area contributed by atoms with Crippen LogP contribution in [0.2, 0.25) is 0 Å². The Morgan fingerprint density at radius 2 is 1.59 bits per heavy atom. The van der Waals surface area contributed by atoms with E-state index in [1.54, 1.807) is 0 Å². The summed E-state index contributed by atoms with van der Waals surface area (Å²) in [7, 11) is 0. The van der Waals surface area contributed by atoms with Crippen molar-refractivity contribution in [2.45, 2.75) is 109 Å². The Morgan fingerprint density at radius 1 is 0.932 bits per heavy atom. The van der Waals surface area contributed by atoms with Gasteiger partial charge >= 0.3 is 6.18 Å². The Balaban J connectivity index is 1.33. The second kappa shape index (κ2) is 10.3. The van der Waals surface area contributed by atoms with Crippen LogP contribution in [0.4, 0.5) is 13.2 Å². The monoisotopic (exact) mass is 611 g/mol. The lowest BCUT2D eigenvalue weighted by Crippen LogP contribution is -2.67. The molecule has 1 aromatic carbocycles. The van der Waals surface area contributed by atoms with Gasteiger partial charge in [0.15, 0.2) is 5.78 Å². The molecule has 1 aromatic rings. The number of carbonyl (C=O) groups excluding carboxylic acids is 1. The van der Waals surface area contributed by atoms with Gasteiger partial charge in [0.2, 0.25) is 0 Å². The molecular weight excluding hydrogens is 563 g/mol. The molecule has 8 rings (SSSR count). The van der Waals surface area contributed by atoms with Crippen molar-refractivity contribution in [3.05, 3.63) is 59.2 Å². The highest BCUT2D eigenvalue weighted by Crippen LogP contribution is 2.78. The summed E-state index contributed by atoms with van der Waals surface area (Å²) in [4.78, 5) is 17.1. The zero-order chi connectivity index (χ0) is 31.2. The molecule has 1 heterocycles. The molecule has 240 valence electrons. The highest BCUT2D eigenvalue weighted by molar-refractivity contribution is 6.10.